The first-order chi connectivity index (χ1) is 10.6. The Labute approximate surface area is 136 Å². The van der Waals surface area contributed by atoms with Crippen LogP contribution >= 0.6 is 0 Å². The molecule has 0 aliphatic rings. The molecule has 0 saturated carbocycles. The summed E-state index contributed by atoms with van der Waals surface area (Å²) < 4.78 is 0. The fourth-order valence-electron chi connectivity index (χ4n) is 3.11. The molecule has 0 aromatic heterocycles. The molecule has 0 heteroatoms. The van der Waals surface area contributed by atoms with Crippen molar-refractivity contribution < 1.29 is 0 Å². The summed E-state index contributed by atoms with van der Waals surface area (Å²) in [6.07, 6.45) is 3.49. The normalized spacial score (nSPS) is 12.8. The average Bonchev–Trinajstić information content (AvgIpc) is 2.56. The monoisotopic (exact) mass is 293 g/mol. The Morgan fingerprint density at radius 2 is 1.50 bits per heavy atom. The van der Waals surface area contributed by atoms with E-state index in [1.165, 1.54) is 23.1 Å². The summed E-state index contributed by atoms with van der Waals surface area (Å²) >= 11 is 0. The van der Waals surface area contributed by atoms with E-state index in [-0.39, 0.29) is 0 Å². The van der Waals surface area contributed by atoms with Crippen molar-refractivity contribution in [3.8, 4) is 0 Å². The van der Waals surface area contributed by atoms with Crippen LogP contribution < -0.4 is 0 Å². The molecule has 0 heterocycles. The highest BCUT2D eigenvalue weighted by atomic mass is 14.3. The molecule has 1 radical (unpaired) electrons. The van der Waals surface area contributed by atoms with Gasteiger partial charge < -0.3 is 0 Å². The Balaban J connectivity index is 2.23. The Morgan fingerprint density at radius 1 is 0.864 bits per heavy atom. The van der Waals surface area contributed by atoms with Gasteiger partial charge in [0.2, 0.25) is 0 Å². The maximum atomic E-state index is 2.37. The van der Waals surface area contributed by atoms with E-state index in [2.05, 4.69) is 82.3 Å². The predicted octanol–water partition coefficient (Wildman–Crippen LogP) is 6.41. The molecule has 0 fully saturated rings. The highest BCUT2D eigenvalue weighted by Crippen LogP contribution is 2.35. The zero-order chi connectivity index (χ0) is 15.9. The molecular weight excluding hydrogens is 264 g/mol. The molecule has 0 aliphatic heterocycles. The molecule has 117 valence electrons. The van der Waals surface area contributed by atoms with Crippen molar-refractivity contribution in [2.45, 2.75) is 52.9 Å². The molecule has 1 atom stereocenters. The van der Waals surface area contributed by atoms with Crippen molar-refractivity contribution in [3.63, 3.8) is 0 Å². The van der Waals surface area contributed by atoms with Crippen molar-refractivity contribution >= 4 is 0 Å². The van der Waals surface area contributed by atoms with Crippen LogP contribution in [0.2, 0.25) is 0 Å². The van der Waals surface area contributed by atoms with Crippen LogP contribution in [0.25, 0.3) is 0 Å². The summed E-state index contributed by atoms with van der Waals surface area (Å²) in [6.45, 7) is 9.26. The lowest BCUT2D eigenvalue weighted by Gasteiger charge is -2.26. The van der Waals surface area contributed by atoms with Gasteiger partial charge in [0.1, 0.15) is 0 Å². The Bertz CT molecular complexity index is 553. The van der Waals surface area contributed by atoms with Crippen LogP contribution in [-0.2, 0) is 6.42 Å². The molecule has 0 nitrogen and oxygen atoms in total. The molecule has 0 amide bonds. The maximum Gasteiger partial charge on any atom is 0.00840 e. The van der Waals surface area contributed by atoms with Gasteiger partial charge in [-0.1, -0.05) is 88.7 Å². The van der Waals surface area contributed by atoms with Crippen molar-refractivity contribution in [2.24, 2.45) is 5.92 Å². The van der Waals surface area contributed by atoms with Crippen molar-refractivity contribution in [3.05, 3.63) is 77.2 Å². The molecule has 2 aromatic rings. The molecule has 0 spiro atoms. The van der Waals surface area contributed by atoms with Gasteiger partial charge in [-0.2, -0.15) is 0 Å². The molecule has 0 bridgehead atoms. The molecule has 2 aromatic carbocycles. The number of benzene rings is 2. The van der Waals surface area contributed by atoms with Crippen molar-refractivity contribution in [2.75, 3.05) is 0 Å². The minimum atomic E-state index is 0.576. The minimum Gasteiger partial charge on any atom is -0.0651 e. The third-order valence-corrected chi connectivity index (χ3v) is 4.66. The number of rotatable bonds is 7. The SMILES string of the molecule is CCC(C)[C](CCc1ccccc1)c1ccccc1C(C)C. The summed E-state index contributed by atoms with van der Waals surface area (Å²) in [7, 11) is 0. The summed E-state index contributed by atoms with van der Waals surface area (Å²) in [5.41, 5.74) is 4.42. The second-order valence-electron chi connectivity index (χ2n) is 6.56. The van der Waals surface area contributed by atoms with E-state index in [0.717, 1.165) is 12.8 Å². The van der Waals surface area contributed by atoms with Gasteiger partial charge in [0.25, 0.3) is 0 Å². The van der Waals surface area contributed by atoms with E-state index in [1.54, 1.807) is 5.92 Å². The third kappa shape index (κ3) is 4.22. The zero-order valence-corrected chi connectivity index (χ0v) is 14.5. The van der Waals surface area contributed by atoms with E-state index in [4.69, 9.17) is 0 Å². The Morgan fingerprint density at radius 3 is 2.14 bits per heavy atom. The molecule has 0 saturated heterocycles. The molecular formula is C22H29. The number of hydrogen-bond donors (Lipinski definition) is 0. The lowest BCUT2D eigenvalue weighted by Crippen LogP contribution is -2.14. The van der Waals surface area contributed by atoms with Gasteiger partial charge in [0.05, 0.1) is 0 Å². The first kappa shape index (κ1) is 16.8. The third-order valence-electron chi connectivity index (χ3n) is 4.66. The number of hydrogen-bond acceptors (Lipinski definition) is 0. The molecule has 2 rings (SSSR count). The van der Waals surface area contributed by atoms with Crippen LogP contribution in [0.4, 0.5) is 0 Å². The second kappa shape index (κ2) is 8.17. The quantitative estimate of drug-likeness (QED) is 0.553. The summed E-state index contributed by atoms with van der Waals surface area (Å²) in [5, 5.41) is 0. The van der Waals surface area contributed by atoms with Crippen LogP contribution in [0.15, 0.2) is 54.6 Å². The van der Waals surface area contributed by atoms with Crippen LogP contribution in [0.1, 0.15) is 63.1 Å². The summed E-state index contributed by atoms with van der Waals surface area (Å²) in [5.74, 6) is 2.84. The molecule has 0 aliphatic carbocycles. The van der Waals surface area contributed by atoms with Gasteiger partial charge in [-0.25, -0.2) is 0 Å². The molecule has 22 heavy (non-hydrogen) atoms. The van der Waals surface area contributed by atoms with Crippen LogP contribution in [0.3, 0.4) is 0 Å². The van der Waals surface area contributed by atoms with Crippen LogP contribution in [0.5, 0.6) is 0 Å². The fraction of sp³-hybridized carbons (Fsp3) is 0.409. The van der Waals surface area contributed by atoms with E-state index < -0.39 is 0 Å². The van der Waals surface area contributed by atoms with Gasteiger partial charge in [-0.3, -0.25) is 0 Å². The van der Waals surface area contributed by atoms with E-state index >= 15 is 0 Å². The smallest absolute Gasteiger partial charge is 0.00840 e. The van der Waals surface area contributed by atoms with Gasteiger partial charge in [0.15, 0.2) is 0 Å². The minimum absolute atomic E-state index is 0.576. The Hall–Kier alpha value is -1.56. The zero-order valence-electron chi connectivity index (χ0n) is 14.5. The van der Waals surface area contributed by atoms with E-state index in [9.17, 15) is 0 Å². The highest BCUT2D eigenvalue weighted by Gasteiger charge is 2.22. The van der Waals surface area contributed by atoms with Crippen molar-refractivity contribution in [1.82, 2.24) is 0 Å². The van der Waals surface area contributed by atoms with Gasteiger partial charge in [0, 0.05) is 5.92 Å². The second-order valence-corrected chi connectivity index (χ2v) is 6.56. The van der Waals surface area contributed by atoms with Crippen LogP contribution in [-0.4, -0.2) is 0 Å². The standard InChI is InChI=1S/C22H29/c1-5-18(4)21(16-15-19-11-7-6-8-12-19)22-14-10-9-13-20(22)17(2)3/h6-14,17-18H,5,15-16H2,1-4H3. The van der Waals surface area contributed by atoms with E-state index in [0.29, 0.717) is 11.8 Å². The number of aryl methyl sites for hydroxylation is 1. The Kier molecular flexibility index (Phi) is 6.24. The summed E-state index contributed by atoms with van der Waals surface area (Å²) in [4.78, 5) is 0. The lowest BCUT2D eigenvalue weighted by molar-refractivity contribution is 0.553. The molecule has 1 unspecified atom stereocenters. The highest BCUT2D eigenvalue weighted by molar-refractivity contribution is 5.41. The topological polar surface area (TPSA) is 0 Å². The lowest BCUT2D eigenvalue weighted by atomic mass is 9.78. The van der Waals surface area contributed by atoms with E-state index in [1.807, 2.05) is 0 Å². The van der Waals surface area contributed by atoms with Gasteiger partial charge >= 0.3 is 0 Å². The van der Waals surface area contributed by atoms with Crippen molar-refractivity contribution in [1.29, 1.82) is 0 Å². The predicted molar refractivity (Wildman–Crippen MR) is 97.1 cm³/mol. The maximum absolute atomic E-state index is 2.37. The first-order valence-corrected chi connectivity index (χ1v) is 8.62. The average molecular weight is 293 g/mol. The van der Waals surface area contributed by atoms with Crippen LogP contribution in [0, 0.1) is 11.8 Å². The fourth-order valence-corrected chi connectivity index (χ4v) is 3.11. The summed E-state index contributed by atoms with van der Waals surface area (Å²) in [6, 6.07) is 19.8. The van der Waals surface area contributed by atoms with Gasteiger partial charge in [-0.15, -0.1) is 0 Å². The largest absolute Gasteiger partial charge is 0.0651 e. The first-order valence-electron chi connectivity index (χ1n) is 8.62. The van der Waals surface area contributed by atoms with Gasteiger partial charge in [-0.05, 0) is 41.4 Å². The molecule has 0 N–H and O–H groups in total.